The zero-order valence-corrected chi connectivity index (χ0v) is 22.5. The third kappa shape index (κ3) is 6.28. The molecule has 1 amide bonds. The van der Waals surface area contributed by atoms with Gasteiger partial charge in [0.15, 0.2) is 6.04 Å². The van der Waals surface area contributed by atoms with E-state index in [2.05, 4.69) is 5.32 Å². The Morgan fingerprint density at radius 3 is 2.24 bits per heavy atom. The second-order valence-electron chi connectivity index (χ2n) is 9.24. The van der Waals surface area contributed by atoms with Gasteiger partial charge in [-0.3, -0.25) is 0 Å². The largest absolute Gasteiger partial charge is 0.497 e. The molecule has 0 spiro atoms. The number of methoxy groups -OCH3 is 1. The molecular formula is C33H27NO7. The molecule has 1 N–H and O–H groups in total. The van der Waals surface area contributed by atoms with Crippen LogP contribution >= 0.6 is 0 Å². The summed E-state index contributed by atoms with van der Waals surface area (Å²) in [6.07, 6.45) is -0.773. The fraction of sp³-hybridized carbons (Fsp3) is 0.121. The molecule has 0 bridgehead atoms. The molecule has 5 aromatic rings. The Bertz CT molecular complexity index is 1730. The molecule has 1 heterocycles. The normalized spacial score (nSPS) is 11.5. The first-order valence-electron chi connectivity index (χ1n) is 12.9. The van der Waals surface area contributed by atoms with Gasteiger partial charge in [-0.15, -0.1) is 0 Å². The maximum atomic E-state index is 13.4. The molecule has 8 heteroatoms. The number of benzene rings is 4. The number of amides is 1. The Balaban J connectivity index is 1.41. The van der Waals surface area contributed by atoms with Crippen molar-refractivity contribution in [3.8, 4) is 22.6 Å². The van der Waals surface area contributed by atoms with Gasteiger partial charge in [0.05, 0.1) is 7.11 Å². The summed E-state index contributed by atoms with van der Waals surface area (Å²) in [7, 11) is 1.58. The van der Waals surface area contributed by atoms with Crippen LogP contribution in [0.25, 0.3) is 22.1 Å². The molecule has 206 valence electrons. The standard InChI is InChI=1S/C33H27NO7/c1-21-28(18-17-26-27(19-29(35)41-31(21)26)23-13-15-25(38-2)16-14-23)40-32(36)30(24-11-7-4-8-12-24)34-33(37)39-20-22-9-5-3-6-10-22/h3-19,30H,20H2,1-2H3,(H,34,37)/t30-/m1/s1. The van der Waals surface area contributed by atoms with Crippen molar-refractivity contribution < 1.29 is 28.2 Å². The van der Waals surface area contributed by atoms with Crippen molar-refractivity contribution in [1.82, 2.24) is 5.32 Å². The van der Waals surface area contributed by atoms with Crippen LogP contribution in [0.1, 0.15) is 22.7 Å². The lowest BCUT2D eigenvalue weighted by Crippen LogP contribution is -2.36. The molecule has 8 nitrogen and oxygen atoms in total. The number of carbonyl (C=O) groups is 2. The Morgan fingerprint density at radius 1 is 0.878 bits per heavy atom. The molecular weight excluding hydrogens is 522 g/mol. The maximum Gasteiger partial charge on any atom is 0.408 e. The summed E-state index contributed by atoms with van der Waals surface area (Å²) in [5.41, 5.74) is 3.01. The number of rotatable bonds is 8. The fourth-order valence-corrected chi connectivity index (χ4v) is 4.44. The van der Waals surface area contributed by atoms with Crippen LogP contribution in [0, 0.1) is 6.92 Å². The Labute approximate surface area is 236 Å². The highest BCUT2D eigenvalue weighted by molar-refractivity contribution is 5.96. The van der Waals surface area contributed by atoms with Gasteiger partial charge in [0.1, 0.15) is 23.7 Å². The number of hydrogen-bond donors (Lipinski definition) is 1. The van der Waals surface area contributed by atoms with Crippen LogP contribution in [-0.4, -0.2) is 19.2 Å². The quantitative estimate of drug-likeness (QED) is 0.137. The Kier molecular flexibility index (Phi) is 8.10. The number of ether oxygens (including phenoxy) is 3. The summed E-state index contributed by atoms with van der Waals surface area (Å²) in [6.45, 7) is 1.74. The van der Waals surface area contributed by atoms with E-state index in [-0.39, 0.29) is 12.4 Å². The van der Waals surface area contributed by atoms with E-state index in [4.69, 9.17) is 18.6 Å². The number of esters is 1. The minimum Gasteiger partial charge on any atom is -0.497 e. The van der Waals surface area contributed by atoms with Crippen LogP contribution < -0.4 is 20.4 Å². The molecule has 0 unspecified atom stereocenters. The van der Waals surface area contributed by atoms with Crippen molar-refractivity contribution in [2.24, 2.45) is 0 Å². The third-order valence-electron chi connectivity index (χ3n) is 6.57. The average Bonchev–Trinajstić information content (AvgIpc) is 3.01. The molecule has 0 saturated carbocycles. The zero-order chi connectivity index (χ0) is 28.8. The summed E-state index contributed by atoms with van der Waals surface area (Å²) in [5.74, 6) is 0.152. The van der Waals surface area contributed by atoms with Gasteiger partial charge in [0.25, 0.3) is 0 Å². The van der Waals surface area contributed by atoms with Gasteiger partial charge in [0, 0.05) is 17.0 Å². The van der Waals surface area contributed by atoms with Crippen LogP contribution in [0.5, 0.6) is 11.5 Å². The SMILES string of the molecule is COc1ccc(-c2cc(=O)oc3c(C)c(OC(=O)[C@H](NC(=O)OCc4ccccc4)c4ccccc4)ccc23)cc1. The summed E-state index contributed by atoms with van der Waals surface area (Å²) < 4.78 is 21.9. The van der Waals surface area contributed by atoms with E-state index in [9.17, 15) is 14.4 Å². The van der Waals surface area contributed by atoms with Crippen molar-refractivity contribution >= 4 is 23.0 Å². The van der Waals surface area contributed by atoms with Crippen molar-refractivity contribution in [1.29, 1.82) is 0 Å². The number of hydrogen-bond acceptors (Lipinski definition) is 7. The molecule has 0 aliphatic carbocycles. The van der Waals surface area contributed by atoms with E-state index >= 15 is 0 Å². The Hall–Kier alpha value is -5.37. The molecule has 1 aromatic heterocycles. The van der Waals surface area contributed by atoms with E-state index in [0.717, 1.165) is 11.1 Å². The van der Waals surface area contributed by atoms with Gasteiger partial charge in [-0.05, 0) is 53.4 Å². The molecule has 0 saturated heterocycles. The van der Waals surface area contributed by atoms with Crippen molar-refractivity contribution in [3.63, 3.8) is 0 Å². The minimum atomic E-state index is -1.15. The highest BCUT2D eigenvalue weighted by Gasteiger charge is 2.27. The topological polar surface area (TPSA) is 104 Å². The van der Waals surface area contributed by atoms with E-state index in [1.54, 1.807) is 68.6 Å². The van der Waals surface area contributed by atoms with Gasteiger partial charge in [-0.25, -0.2) is 14.4 Å². The molecule has 0 aliphatic rings. The monoisotopic (exact) mass is 549 g/mol. The summed E-state index contributed by atoms with van der Waals surface area (Å²) >= 11 is 0. The zero-order valence-electron chi connectivity index (χ0n) is 22.5. The van der Waals surface area contributed by atoms with Crippen molar-refractivity contribution in [2.45, 2.75) is 19.6 Å². The number of fused-ring (bicyclic) bond motifs is 1. The lowest BCUT2D eigenvalue weighted by Gasteiger charge is -2.19. The molecule has 41 heavy (non-hydrogen) atoms. The second-order valence-corrected chi connectivity index (χ2v) is 9.24. The molecule has 0 fully saturated rings. The summed E-state index contributed by atoms with van der Waals surface area (Å²) in [4.78, 5) is 38.6. The van der Waals surface area contributed by atoms with Gasteiger partial charge in [0.2, 0.25) is 0 Å². The van der Waals surface area contributed by atoms with E-state index in [0.29, 0.717) is 33.4 Å². The van der Waals surface area contributed by atoms with Gasteiger partial charge >= 0.3 is 17.7 Å². The summed E-state index contributed by atoms with van der Waals surface area (Å²) in [5, 5.41) is 3.29. The van der Waals surface area contributed by atoms with Gasteiger partial charge in [-0.2, -0.15) is 0 Å². The predicted octanol–water partition coefficient (Wildman–Crippen LogP) is 6.35. The van der Waals surface area contributed by atoms with Crippen LogP contribution in [-0.2, 0) is 16.1 Å². The molecule has 5 rings (SSSR count). The molecule has 4 aromatic carbocycles. The van der Waals surface area contributed by atoms with Gasteiger partial charge in [-0.1, -0.05) is 72.8 Å². The van der Waals surface area contributed by atoms with E-state index < -0.39 is 23.7 Å². The predicted molar refractivity (Wildman–Crippen MR) is 154 cm³/mol. The summed E-state index contributed by atoms with van der Waals surface area (Å²) in [6, 6.07) is 28.9. The van der Waals surface area contributed by atoms with Crippen molar-refractivity contribution in [3.05, 3.63) is 130 Å². The van der Waals surface area contributed by atoms with E-state index in [1.165, 1.54) is 6.07 Å². The molecule has 1 atom stereocenters. The van der Waals surface area contributed by atoms with Crippen LogP contribution in [0.3, 0.4) is 0 Å². The number of aryl methyl sites for hydroxylation is 1. The van der Waals surface area contributed by atoms with Crippen LogP contribution in [0.15, 0.2) is 112 Å². The van der Waals surface area contributed by atoms with Crippen molar-refractivity contribution in [2.75, 3.05) is 7.11 Å². The number of carbonyl (C=O) groups excluding carboxylic acids is 2. The maximum absolute atomic E-state index is 13.4. The van der Waals surface area contributed by atoms with Crippen LogP contribution in [0.2, 0.25) is 0 Å². The smallest absolute Gasteiger partial charge is 0.408 e. The lowest BCUT2D eigenvalue weighted by molar-refractivity contribution is -0.136. The first-order valence-corrected chi connectivity index (χ1v) is 12.9. The molecule has 0 aliphatic heterocycles. The van der Waals surface area contributed by atoms with Crippen LogP contribution in [0.4, 0.5) is 4.79 Å². The first kappa shape index (κ1) is 27.2. The Morgan fingerprint density at radius 2 is 1.56 bits per heavy atom. The van der Waals surface area contributed by atoms with Gasteiger partial charge < -0.3 is 23.9 Å². The second kappa shape index (κ2) is 12.2. The van der Waals surface area contributed by atoms with E-state index in [1.807, 2.05) is 42.5 Å². The number of nitrogens with one attached hydrogen (secondary N) is 1. The molecule has 0 radical (unpaired) electrons. The average molecular weight is 550 g/mol. The number of alkyl carbamates (subject to hydrolysis) is 1. The minimum absolute atomic E-state index is 0.0442. The third-order valence-corrected chi connectivity index (χ3v) is 6.57. The first-order chi connectivity index (χ1) is 19.9. The lowest BCUT2D eigenvalue weighted by atomic mass is 10.00. The highest BCUT2D eigenvalue weighted by Crippen LogP contribution is 2.34. The fourth-order valence-electron chi connectivity index (χ4n) is 4.44. The highest BCUT2D eigenvalue weighted by atomic mass is 16.6.